The summed E-state index contributed by atoms with van der Waals surface area (Å²) in [5, 5.41) is 5.54. The fourth-order valence-electron chi connectivity index (χ4n) is 7.75. The Morgan fingerprint density at radius 3 is 2.47 bits per heavy atom. The zero-order valence-electron chi connectivity index (χ0n) is 29.6. The molecule has 2 aliphatic heterocycles. The van der Waals surface area contributed by atoms with Gasteiger partial charge in [0.1, 0.15) is 0 Å². The van der Waals surface area contributed by atoms with E-state index in [1.165, 1.54) is 43.2 Å². The minimum Gasteiger partial charge on any atom is -0.381 e. The van der Waals surface area contributed by atoms with Crippen LogP contribution in [0.3, 0.4) is 0 Å². The van der Waals surface area contributed by atoms with E-state index < -0.39 is 6.43 Å². The molecular weight excluding hydrogens is 618 g/mol. The van der Waals surface area contributed by atoms with Crippen LogP contribution in [0, 0.1) is 6.92 Å². The van der Waals surface area contributed by atoms with Gasteiger partial charge in [-0.15, -0.1) is 6.58 Å². The number of alkyl halides is 2. The third-order valence-corrected chi connectivity index (χ3v) is 10.5. The monoisotopic (exact) mass is 670 g/mol. The van der Waals surface area contributed by atoms with Gasteiger partial charge in [0.05, 0.1) is 17.4 Å². The van der Waals surface area contributed by atoms with E-state index in [0.29, 0.717) is 30.3 Å². The first kappa shape index (κ1) is 35.1. The Hall–Kier alpha value is -3.78. The third kappa shape index (κ3) is 8.01. The molecule has 0 spiro atoms. The molecule has 0 saturated carbocycles. The average molecular weight is 671 g/mol. The lowest BCUT2D eigenvalue weighted by molar-refractivity contribution is 0.0853. The predicted octanol–water partition coefficient (Wildman–Crippen LogP) is 10.3. The van der Waals surface area contributed by atoms with Gasteiger partial charge < -0.3 is 14.2 Å². The molecule has 0 aliphatic carbocycles. The molecule has 0 bridgehead atoms. The van der Waals surface area contributed by atoms with Crippen LogP contribution in [0.4, 0.5) is 20.2 Å². The maximum absolute atomic E-state index is 14.9. The fraction of sp³-hybridized carbons (Fsp3) is 0.512. The number of nitrogens with zero attached hydrogens (tertiary/aromatic N) is 4. The summed E-state index contributed by atoms with van der Waals surface area (Å²) in [6.45, 7) is 10.9. The number of anilines is 2. The van der Waals surface area contributed by atoms with Crippen molar-refractivity contribution in [3.63, 3.8) is 0 Å². The topological polar surface area (TPSA) is 52.3 Å². The molecule has 0 N–H and O–H groups in total. The van der Waals surface area contributed by atoms with Gasteiger partial charge in [-0.25, -0.2) is 8.78 Å². The van der Waals surface area contributed by atoms with E-state index in [-0.39, 0.29) is 11.1 Å². The van der Waals surface area contributed by atoms with Crippen molar-refractivity contribution in [2.45, 2.75) is 110 Å². The van der Waals surface area contributed by atoms with Crippen molar-refractivity contribution >= 4 is 22.3 Å². The minimum absolute atomic E-state index is 0.0169. The Morgan fingerprint density at radius 2 is 1.73 bits per heavy atom. The Balaban J connectivity index is 1.26. The van der Waals surface area contributed by atoms with Crippen molar-refractivity contribution in [3.05, 3.63) is 87.5 Å². The number of benzene rings is 2. The average Bonchev–Trinajstić information content (AvgIpc) is 3.58. The van der Waals surface area contributed by atoms with E-state index in [4.69, 9.17) is 4.74 Å². The number of hydrogen-bond acceptors (Lipinski definition) is 4. The molecule has 2 aromatic carbocycles. The third-order valence-electron chi connectivity index (χ3n) is 10.5. The summed E-state index contributed by atoms with van der Waals surface area (Å²) in [6, 6.07) is 10.0. The van der Waals surface area contributed by atoms with Crippen molar-refractivity contribution in [3.8, 4) is 11.1 Å². The number of ether oxygens (including phenoxy) is 1. The number of pyridine rings is 1. The summed E-state index contributed by atoms with van der Waals surface area (Å²) in [4.78, 5) is 15.3. The molecule has 6 rings (SSSR count). The van der Waals surface area contributed by atoms with Crippen LogP contribution in [0.15, 0.2) is 59.7 Å². The van der Waals surface area contributed by atoms with Crippen molar-refractivity contribution in [1.29, 1.82) is 0 Å². The molecule has 0 radical (unpaired) electrons. The molecule has 8 heteroatoms. The van der Waals surface area contributed by atoms with Gasteiger partial charge in [0.25, 0.3) is 12.0 Å². The van der Waals surface area contributed by atoms with E-state index in [1.807, 2.05) is 37.0 Å². The molecule has 49 heavy (non-hydrogen) atoms. The Kier molecular flexibility index (Phi) is 11.3. The fourth-order valence-corrected chi connectivity index (χ4v) is 7.75. The van der Waals surface area contributed by atoms with Gasteiger partial charge >= 0.3 is 0 Å². The van der Waals surface area contributed by atoms with Gasteiger partial charge in [0.15, 0.2) is 0 Å². The number of aromatic nitrogens is 3. The zero-order valence-corrected chi connectivity index (χ0v) is 29.6. The Bertz CT molecular complexity index is 1840. The SMILES string of the molecule is C=C(C)CCCCCCCCCn1cc(-c2cc3c(cc2C(F)F)N(c2cc(C4CCOCC4)cc4c2cc(C)c(=O)n4C)CCC3)cn1. The van der Waals surface area contributed by atoms with Gasteiger partial charge in [-0.3, -0.25) is 9.48 Å². The molecule has 262 valence electrons. The highest BCUT2D eigenvalue weighted by molar-refractivity contribution is 5.96. The van der Waals surface area contributed by atoms with Crippen LogP contribution < -0.4 is 10.5 Å². The second-order valence-corrected chi connectivity index (χ2v) is 14.3. The zero-order chi connectivity index (χ0) is 34.5. The second-order valence-electron chi connectivity index (χ2n) is 14.3. The van der Waals surface area contributed by atoms with Gasteiger partial charge in [-0.2, -0.15) is 5.10 Å². The molecular formula is C41H52F2N4O2. The molecule has 1 fully saturated rings. The number of halogens is 2. The molecule has 2 aliphatic rings. The lowest BCUT2D eigenvalue weighted by Gasteiger charge is -2.34. The quantitative estimate of drug-likeness (QED) is 0.0990. The Labute approximate surface area is 289 Å². The summed E-state index contributed by atoms with van der Waals surface area (Å²) < 4.78 is 39.0. The first-order valence-electron chi connectivity index (χ1n) is 18.3. The summed E-state index contributed by atoms with van der Waals surface area (Å²) in [5.74, 6) is 0.324. The first-order valence-corrected chi connectivity index (χ1v) is 18.3. The van der Waals surface area contributed by atoms with Crippen LogP contribution in [-0.2, 0) is 24.8 Å². The van der Waals surface area contributed by atoms with E-state index in [1.54, 1.807) is 16.8 Å². The number of fused-ring (bicyclic) bond motifs is 2. The standard InChI is InChI=1S/C41H52F2N4O2/c1-28(2)13-10-8-6-5-7-9-11-17-46-27-33(26-44-46)34-22-31-14-12-18-47(37(31)25-35(34)40(42)43)39-24-32(30-15-19-49-20-16-30)23-38-36(39)21-29(3)41(48)45(38)4/h21-27,30,40H,1,5-20H2,2-4H3. The van der Waals surface area contributed by atoms with Crippen LogP contribution in [0.1, 0.15) is 112 Å². The van der Waals surface area contributed by atoms with Gasteiger partial charge in [-0.05, 0) is 112 Å². The van der Waals surface area contributed by atoms with Crippen LogP contribution in [0.5, 0.6) is 0 Å². The van der Waals surface area contributed by atoms with Gasteiger partial charge in [0, 0.05) is 67.3 Å². The summed E-state index contributed by atoms with van der Waals surface area (Å²) in [6.07, 6.45) is 14.1. The lowest BCUT2D eigenvalue weighted by atomic mass is 9.89. The number of hydrogen-bond donors (Lipinski definition) is 0. The van der Waals surface area contributed by atoms with Crippen molar-refractivity contribution in [2.75, 3.05) is 24.7 Å². The molecule has 4 aromatic rings. The second kappa shape index (κ2) is 15.8. The molecule has 4 heterocycles. The maximum atomic E-state index is 14.9. The van der Waals surface area contributed by atoms with E-state index >= 15 is 0 Å². The largest absolute Gasteiger partial charge is 0.381 e. The van der Waals surface area contributed by atoms with Crippen LogP contribution >= 0.6 is 0 Å². The van der Waals surface area contributed by atoms with Crippen molar-refractivity contribution < 1.29 is 13.5 Å². The van der Waals surface area contributed by atoms with Crippen molar-refractivity contribution in [2.24, 2.45) is 7.05 Å². The number of allylic oxidation sites excluding steroid dienone is 1. The summed E-state index contributed by atoms with van der Waals surface area (Å²) >= 11 is 0. The highest BCUT2D eigenvalue weighted by atomic mass is 19.3. The van der Waals surface area contributed by atoms with Gasteiger partial charge in [0.2, 0.25) is 0 Å². The van der Waals surface area contributed by atoms with E-state index in [9.17, 15) is 13.6 Å². The molecule has 6 nitrogen and oxygen atoms in total. The van der Waals surface area contributed by atoms with E-state index in [0.717, 1.165) is 91.4 Å². The highest BCUT2D eigenvalue weighted by Crippen LogP contribution is 2.44. The molecule has 0 amide bonds. The number of unbranched alkanes of at least 4 members (excludes halogenated alkanes) is 6. The Morgan fingerprint density at radius 1 is 1.00 bits per heavy atom. The number of rotatable bonds is 14. The smallest absolute Gasteiger partial charge is 0.264 e. The van der Waals surface area contributed by atoms with Crippen molar-refractivity contribution in [1.82, 2.24) is 14.3 Å². The minimum atomic E-state index is -2.63. The normalized spacial score (nSPS) is 15.3. The van der Waals surface area contributed by atoms with Crippen LogP contribution in [-0.4, -0.2) is 34.1 Å². The van der Waals surface area contributed by atoms with Crippen LogP contribution in [0.25, 0.3) is 22.0 Å². The predicted molar refractivity (Wildman–Crippen MR) is 196 cm³/mol. The van der Waals surface area contributed by atoms with E-state index in [2.05, 4.69) is 35.6 Å². The first-order chi connectivity index (χ1) is 23.7. The van der Waals surface area contributed by atoms with Gasteiger partial charge in [-0.1, -0.05) is 37.7 Å². The lowest BCUT2D eigenvalue weighted by Crippen LogP contribution is -2.27. The maximum Gasteiger partial charge on any atom is 0.264 e. The molecule has 2 aromatic heterocycles. The molecule has 0 atom stereocenters. The highest BCUT2D eigenvalue weighted by Gasteiger charge is 2.27. The molecule has 0 unspecified atom stereocenters. The summed E-state index contributed by atoms with van der Waals surface area (Å²) in [5.41, 5.74) is 8.17. The van der Waals surface area contributed by atoms with Crippen LogP contribution in [0.2, 0.25) is 0 Å². The number of aryl methyl sites for hydroxylation is 4. The molecule has 1 saturated heterocycles. The summed E-state index contributed by atoms with van der Waals surface area (Å²) in [7, 11) is 1.83.